The van der Waals surface area contributed by atoms with Crippen molar-refractivity contribution in [3.8, 4) is 11.3 Å². The van der Waals surface area contributed by atoms with Crippen LogP contribution in [0.1, 0.15) is 18.7 Å². The molecule has 1 atom stereocenters. The summed E-state index contributed by atoms with van der Waals surface area (Å²) in [6, 6.07) is 4.93. The lowest BCUT2D eigenvalue weighted by Gasteiger charge is -2.30. The van der Waals surface area contributed by atoms with Gasteiger partial charge in [0.2, 0.25) is 5.95 Å². The molecule has 1 saturated heterocycles. The minimum absolute atomic E-state index is 0.189. The molecule has 0 aromatic carbocycles. The van der Waals surface area contributed by atoms with Gasteiger partial charge in [0.1, 0.15) is 5.82 Å². The van der Waals surface area contributed by atoms with Crippen LogP contribution in [0.4, 0.5) is 9.18 Å². The first kappa shape index (κ1) is 15.3. The number of hydrogen-bond donors (Lipinski definition) is 1. The van der Waals surface area contributed by atoms with E-state index in [-0.39, 0.29) is 5.92 Å². The van der Waals surface area contributed by atoms with Crippen molar-refractivity contribution in [1.82, 2.24) is 19.9 Å². The van der Waals surface area contributed by atoms with Gasteiger partial charge in [0.25, 0.3) is 0 Å². The summed E-state index contributed by atoms with van der Waals surface area (Å²) in [5.74, 6) is 0.226. The Kier molecular flexibility index (Phi) is 4.45. The van der Waals surface area contributed by atoms with Gasteiger partial charge >= 0.3 is 6.09 Å². The molecule has 3 rings (SSSR count). The molecule has 7 heteroatoms. The van der Waals surface area contributed by atoms with Gasteiger partial charge in [0.15, 0.2) is 0 Å². The van der Waals surface area contributed by atoms with E-state index >= 15 is 0 Å². The molecule has 0 spiro atoms. The highest BCUT2D eigenvalue weighted by Crippen LogP contribution is 2.22. The van der Waals surface area contributed by atoms with Crippen LogP contribution in [0.5, 0.6) is 0 Å². The van der Waals surface area contributed by atoms with Crippen LogP contribution in [0.25, 0.3) is 11.3 Å². The van der Waals surface area contributed by atoms with E-state index in [1.165, 1.54) is 11.1 Å². The predicted molar refractivity (Wildman–Crippen MR) is 81.2 cm³/mol. The maximum Gasteiger partial charge on any atom is 0.407 e. The van der Waals surface area contributed by atoms with Crippen molar-refractivity contribution in [2.45, 2.75) is 19.3 Å². The highest BCUT2D eigenvalue weighted by atomic mass is 19.1. The van der Waals surface area contributed by atoms with E-state index < -0.39 is 12.0 Å². The van der Waals surface area contributed by atoms with Gasteiger partial charge in [-0.15, -0.1) is 0 Å². The number of likely N-dealkylation sites (tertiary alicyclic amines) is 1. The van der Waals surface area contributed by atoms with Crippen LogP contribution in [0.3, 0.4) is 0 Å². The Labute approximate surface area is 133 Å². The highest BCUT2D eigenvalue weighted by Gasteiger charge is 2.24. The zero-order valence-corrected chi connectivity index (χ0v) is 12.5. The Bertz CT molecular complexity index is 710. The second-order valence-electron chi connectivity index (χ2n) is 5.64. The molecule has 2 aromatic rings. The number of piperidine rings is 1. The maximum absolute atomic E-state index is 13.8. The quantitative estimate of drug-likeness (QED) is 0.881. The van der Waals surface area contributed by atoms with Crippen molar-refractivity contribution in [3.05, 3.63) is 42.4 Å². The molecule has 120 valence electrons. The summed E-state index contributed by atoms with van der Waals surface area (Å²) in [5.41, 5.74) is 0.832. The molecule has 0 unspecified atom stereocenters. The topological polar surface area (TPSA) is 79.2 Å². The Morgan fingerprint density at radius 2 is 2.22 bits per heavy atom. The van der Waals surface area contributed by atoms with Crippen LogP contribution in [0.15, 0.2) is 30.6 Å². The molecule has 0 saturated carbocycles. The van der Waals surface area contributed by atoms with Crippen molar-refractivity contribution >= 4 is 6.09 Å². The molecule has 0 aliphatic carbocycles. The van der Waals surface area contributed by atoms with Gasteiger partial charge in [0.05, 0.1) is 11.3 Å². The van der Waals surface area contributed by atoms with E-state index in [0.29, 0.717) is 36.6 Å². The van der Waals surface area contributed by atoms with E-state index in [4.69, 9.17) is 5.11 Å². The van der Waals surface area contributed by atoms with Crippen molar-refractivity contribution < 1.29 is 14.3 Å². The first-order valence-electron chi connectivity index (χ1n) is 7.54. The Morgan fingerprint density at radius 1 is 1.35 bits per heavy atom. The molecule has 1 amide bonds. The van der Waals surface area contributed by atoms with E-state index in [1.807, 2.05) is 0 Å². The Balaban J connectivity index is 1.76. The Morgan fingerprint density at radius 3 is 3.00 bits per heavy atom. The maximum atomic E-state index is 13.8. The van der Waals surface area contributed by atoms with Crippen molar-refractivity contribution in [3.63, 3.8) is 0 Å². The first-order chi connectivity index (χ1) is 11.1. The third-order valence-electron chi connectivity index (χ3n) is 4.00. The smallest absolute Gasteiger partial charge is 0.407 e. The molecule has 23 heavy (non-hydrogen) atoms. The van der Waals surface area contributed by atoms with Crippen molar-refractivity contribution in [2.75, 3.05) is 13.1 Å². The number of halogens is 1. The zero-order chi connectivity index (χ0) is 16.2. The number of hydrogen-bond acceptors (Lipinski definition) is 4. The van der Waals surface area contributed by atoms with Crippen LogP contribution in [0.2, 0.25) is 0 Å². The normalized spacial score (nSPS) is 18.0. The van der Waals surface area contributed by atoms with E-state index in [2.05, 4.69) is 15.0 Å². The second-order valence-corrected chi connectivity index (χ2v) is 5.64. The van der Waals surface area contributed by atoms with Crippen LogP contribution < -0.4 is 0 Å². The van der Waals surface area contributed by atoms with Gasteiger partial charge < -0.3 is 10.0 Å². The summed E-state index contributed by atoms with van der Waals surface area (Å²) >= 11 is 0. The minimum atomic E-state index is -0.887. The fourth-order valence-electron chi connectivity index (χ4n) is 2.89. The molecule has 1 aliphatic rings. The third-order valence-corrected chi connectivity index (χ3v) is 4.00. The van der Waals surface area contributed by atoms with Crippen LogP contribution in [-0.2, 0) is 6.42 Å². The second kappa shape index (κ2) is 6.68. The number of pyridine rings is 1. The summed E-state index contributed by atoms with van der Waals surface area (Å²) < 4.78 is 13.8. The summed E-state index contributed by atoms with van der Waals surface area (Å²) in [6.07, 6.45) is 4.47. The number of carboxylic acid groups (broad SMARTS) is 1. The fraction of sp³-hybridized carbons (Fsp3) is 0.375. The molecule has 0 bridgehead atoms. The molecule has 6 nitrogen and oxygen atoms in total. The molecule has 3 heterocycles. The molecule has 1 fully saturated rings. The molecule has 2 aromatic heterocycles. The lowest BCUT2D eigenvalue weighted by atomic mass is 9.94. The summed E-state index contributed by atoms with van der Waals surface area (Å²) in [4.78, 5) is 24.8. The molecular weight excluding hydrogens is 299 g/mol. The monoisotopic (exact) mass is 316 g/mol. The number of amides is 1. The van der Waals surface area contributed by atoms with Crippen LogP contribution in [0, 0.1) is 11.9 Å². The van der Waals surface area contributed by atoms with Crippen molar-refractivity contribution in [1.29, 1.82) is 0 Å². The van der Waals surface area contributed by atoms with Gasteiger partial charge in [-0.3, -0.25) is 0 Å². The molecule has 1 N–H and O–H groups in total. The van der Waals surface area contributed by atoms with Crippen molar-refractivity contribution in [2.24, 2.45) is 5.92 Å². The van der Waals surface area contributed by atoms with Gasteiger partial charge in [-0.2, -0.15) is 4.39 Å². The molecular formula is C16H17FN4O2. The molecule has 1 aliphatic heterocycles. The van der Waals surface area contributed by atoms with Gasteiger partial charge in [0, 0.05) is 31.9 Å². The summed E-state index contributed by atoms with van der Waals surface area (Å²) in [6.45, 7) is 1.07. The van der Waals surface area contributed by atoms with Crippen LogP contribution in [-0.4, -0.2) is 44.1 Å². The summed E-state index contributed by atoms with van der Waals surface area (Å²) in [7, 11) is 0. The minimum Gasteiger partial charge on any atom is -0.465 e. The fourth-order valence-corrected chi connectivity index (χ4v) is 2.89. The lowest BCUT2D eigenvalue weighted by molar-refractivity contribution is 0.119. The average Bonchev–Trinajstić information content (AvgIpc) is 2.56. The Hall–Kier alpha value is -2.57. The number of aromatic nitrogens is 3. The van der Waals surface area contributed by atoms with E-state index in [1.54, 1.807) is 24.4 Å². The highest BCUT2D eigenvalue weighted by molar-refractivity contribution is 5.65. The predicted octanol–water partition coefficient (Wildman–Crippen LogP) is 2.61. The van der Waals surface area contributed by atoms with E-state index in [9.17, 15) is 9.18 Å². The van der Waals surface area contributed by atoms with Crippen LogP contribution >= 0.6 is 0 Å². The zero-order valence-electron chi connectivity index (χ0n) is 12.5. The number of nitrogens with zero attached hydrogens (tertiary/aromatic N) is 4. The average molecular weight is 316 g/mol. The summed E-state index contributed by atoms with van der Waals surface area (Å²) in [5, 5.41) is 9.09. The lowest BCUT2D eigenvalue weighted by Crippen LogP contribution is -2.39. The number of rotatable bonds is 3. The van der Waals surface area contributed by atoms with E-state index in [0.717, 1.165) is 12.8 Å². The standard InChI is InChI=1S/C16H17FN4O2/c17-15-12(4-1-6-19-15)13-5-7-18-14(20-13)9-11-3-2-8-21(10-11)16(22)23/h1,4-7,11H,2-3,8-10H2,(H,22,23)/t11-/m0/s1. The van der Waals surface area contributed by atoms with Gasteiger partial charge in [-0.25, -0.2) is 19.7 Å². The van der Waals surface area contributed by atoms with Gasteiger partial charge in [-0.1, -0.05) is 0 Å². The third kappa shape index (κ3) is 3.61. The van der Waals surface area contributed by atoms with Gasteiger partial charge in [-0.05, 0) is 37.0 Å². The first-order valence-corrected chi connectivity index (χ1v) is 7.54. The molecule has 0 radical (unpaired) electrons. The SMILES string of the molecule is O=C(O)N1CCC[C@@H](Cc2nccc(-c3cccnc3F)n2)C1. The largest absolute Gasteiger partial charge is 0.465 e. The number of carbonyl (C=O) groups is 1.